The van der Waals surface area contributed by atoms with Crippen LogP contribution in [0.4, 0.5) is 19.0 Å². The van der Waals surface area contributed by atoms with Gasteiger partial charge in [-0.1, -0.05) is 0 Å². The van der Waals surface area contributed by atoms with E-state index in [1.807, 2.05) is 0 Å². The quantitative estimate of drug-likeness (QED) is 0.771. The third kappa shape index (κ3) is 1.99. The first-order valence-electron chi connectivity index (χ1n) is 5.28. The Morgan fingerprint density at radius 3 is 2.29 bits per heavy atom. The fraction of sp³-hybridized carbons (Fsp3) is 0.455. The molecular formula is C11H11F3N2O. The molecule has 0 spiro atoms. The Morgan fingerprint density at radius 1 is 1.18 bits per heavy atom. The second-order valence-corrected chi connectivity index (χ2v) is 4.04. The van der Waals surface area contributed by atoms with Gasteiger partial charge in [0.05, 0.1) is 5.56 Å². The molecule has 1 aliphatic rings. The van der Waals surface area contributed by atoms with Crippen molar-refractivity contribution < 1.29 is 18.0 Å². The summed E-state index contributed by atoms with van der Waals surface area (Å²) in [5.41, 5.74) is 5.15. The van der Waals surface area contributed by atoms with Crippen LogP contribution in [0.5, 0.6) is 0 Å². The molecule has 6 heteroatoms. The lowest BCUT2D eigenvalue weighted by Gasteiger charge is -2.22. The highest BCUT2D eigenvalue weighted by Gasteiger charge is 2.38. The van der Waals surface area contributed by atoms with Crippen LogP contribution < -0.4 is 5.73 Å². The molecule has 1 aromatic rings. The Bertz CT molecular complexity index is 469. The van der Waals surface area contributed by atoms with Gasteiger partial charge < -0.3 is 5.73 Å². The molecule has 0 radical (unpaired) electrons. The maximum atomic E-state index is 12.8. The average Bonchev–Trinajstić information content (AvgIpc) is 2.27. The van der Waals surface area contributed by atoms with Gasteiger partial charge in [-0.3, -0.25) is 4.79 Å². The standard InChI is InChI=1S/C11H11F3N2O/c12-11(13,14)9-7-4-2-1-3-6(7)8(5-17)10(15)16-9/h5H,1-4H2,(H2,15,16). The van der Waals surface area contributed by atoms with E-state index >= 15 is 0 Å². The van der Waals surface area contributed by atoms with Crippen LogP contribution in [0.1, 0.15) is 40.0 Å². The van der Waals surface area contributed by atoms with Crippen LogP contribution in [-0.4, -0.2) is 11.3 Å². The van der Waals surface area contributed by atoms with Crippen molar-refractivity contribution in [2.75, 3.05) is 5.73 Å². The van der Waals surface area contributed by atoms with Crippen molar-refractivity contribution in [3.8, 4) is 0 Å². The third-order valence-corrected chi connectivity index (χ3v) is 2.97. The van der Waals surface area contributed by atoms with Crippen LogP contribution in [-0.2, 0) is 19.0 Å². The molecule has 0 unspecified atom stereocenters. The number of halogens is 3. The van der Waals surface area contributed by atoms with Gasteiger partial charge in [-0.2, -0.15) is 13.2 Å². The number of nitrogens with two attached hydrogens (primary N) is 1. The van der Waals surface area contributed by atoms with Crippen LogP contribution >= 0.6 is 0 Å². The first-order valence-corrected chi connectivity index (χ1v) is 5.28. The summed E-state index contributed by atoms with van der Waals surface area (Å²) in [6.07, 6.45) is -1.81. The fourth-order valence-corrected chi connectivity index (χ4v) is 2.23. The normalized spacial score (nSPS) is 15.5. The number of pyridine rings is 1. The lowest BCUT2D eigenvalue weighted by molar-refractivity contribution is -0.141. The van der Waals surface area contributed by atoms with Gasteiger partial charge in [0.1, 0.15) is 11.5 Å². The van der Waals surface area contributed by atoms with Gasteiger partial charge >= 0.3 is 6.18 Å². The van der Waals surface area contributed by atoms with Crippen LogP contribution in [0.15, 0.2) is 0 Å². The van der Waals surface area contributed by atoms with Crippen molar-refractivity contribution in [1.29, 1.82) is 0 Å². The van der Waals surface area contributed by atoms with Crippen molar-refractivity contribution in [3.05, 3.63) is 22.4 Å². The molecule has 2 N–H and O–H groups in total. The highest BCUT2D eigenvalue weighted by atomic mass is 19.4. The molecule has 1 aromatic heterocycles. The van der Waals surface area contributed by atoms with E-state index < -0.39 is 11.9 Å². The molecule has 17 heavy (non-hydrogen) atoms. The van der Waals surface area contributed by atoms with Crippen LogP contribution in [0.2, 0.25) is 0 Å². The molecule has 0 saturated carbocycles. The summed E-state index contributed by atoms with van der Waals surface area (Å²) < 4.78 is 38.4. The Hall–Kier alpha value is -1.59. The Morgan fingerprint density at radius 2 is 1.76 bits per heavy atom. The molecule has 92 valence electrons. The summed E-state index contributed by atoms with van der Waals surface area (Å²) in [6, 6.07) is 0. The SMILES string of the molecule is Nc1nc(C(F)(F)F)c2c(c1C=O)CCCC2. The molecule has 1 aliphatic carbocycles. The van der Waals surface area contributed by atoms with Crippen molar-refractivity contribution in [2.24, 2.45) is 0 Å². The van der Waals surface area contributed by atoms with Crippen LogP contribution in [0, 0.1) is 0 Å². The van der Waals surface area contributed by atoms with E-state index in [0.29, 0.717) is 31.1 Å². The minimum Gasteiger partial charge on any atom is -0.383 e. The summed E-state index contributed by atoms with van der Waals surface area (Å²) >= 11 is 0. The number of alkyl halides is 3. The number of carbonyl (C=O) groups is 1. The maximum Gasteiger partial charge on any atom is 0.433 e. The predicted molar refractivity (Wildman–Crippen MR) is 55.7 cm³/mol. The van der Waals surface area contributed by atoms with Crippen molar-refractivity contribution in [3.63, 3.8) is 0 Å². The Labute approximate surface area is 95.8 Å². The number of hydrogen-bond donors (Lipinski definition) is 1. The first kappa shape index (κ1) is 11.9. The number of anilines is 1. The van der Waals surface area contributed by atoms with Crippen LogP contribution in [0.3, 0.4) is 0 Å². The average molecular weight is 244 g/mol. The molecule has 3 nitrogen and oxygen atoms in total. The molecule has 0 aromatic carbocycles. The molecule has 0 bridgehead atoms. The number of aldehydes is 1. The summed E-state index contributed by atoms with van der Waals surface area (Å²) in [4.78, 5) is 14.2. The minimum atomic E-state index is -4.52. The van der Waals surface area contributed by atoms with E-state index in [-0.39, 0.29) is 16.9 Å². The molecule has 1 heterocycles. The minimum absolute atomic E-state index is 0.118. The van der Waals surface area contributed by atoms with Gasteiger partial charge in [0, 0.05) is 0 Å². The van der Waals surface area contributed by atoms with Crippen molar-refractivity contribution in [1.82, 2.24) is 4.98 Å². The van der Waals surface area contributed by atoms with Gasteiger partial charge in [-0.05, 0) is 36.8 Å². The fourth-order valence-electron chi connectivity index (χ4n) is 2.23. The molecule has 0 fully saturated rings. The smallest absolute Gasteiger partial charge is 0.383 e. The predicted octanol–water partition coefficient (Wildman–Crippen LogP) is 2.37. The third-order valence-electron chi connectivity index (χ3n) is 2.97. The van der Waals surface area contributed by atoms with E-state index in [4.69, 9.17) is 5.73 Å². The number of nitrogens with zero attached hydrogens (tertiary/aromatic N) is 1. The van der Waals surface area contributed by atoms with Gasteiger partial charge in [-0.25, -0.2) is 4.98 Å². The Balaban J connectivity index is 2.71. The second kappa shape index (κ2) is 4.01. The summed E-state index contributed by atoms with van der Waals surface area (Å²) in [7, 11) is 0. The van der Waals surface area contributed by atoms with E-state index in [0.717, 1.165) is 6.42 Å². The van der Waals surface area contributed by atoms with Gasteiger partial charge in [0.25, 0.3) is 0 Å². The van der Waals surface area contributed by atoms with Gasteiger partial charge in [0.15, 0.2) is 6.29 Å². The monoisotopic (exact) mass is 244 g/mol. The summed E-state index contributed by atoms with van der Waals surface area (Å²) in [5.74, 6) is -0.326. The topological polar surface area (TPSA) is 56.0 Å². The largest absolute Gasteiger partial charge is 0.433 e. The van der Waals surface area contributed by atoms with E-state index in [1.165, 1.54) is 0 Å². The number of nitrogen functional groups attached to an aromatic ring is 1. The zero-order valence-corrected chi connectivity index (χ0v) is 8.97. The van der Waals surface area contributed by atoms with Gasteiger partial charge in [-0.15, -0.1) is 0 Å². The van der Waals surface area contributed by atoms with E-state index in [9.17, 15) is 18.0 Å². The number of carbonyl (C=O) groups excluding carboxylic acids is 1. The maximum absolute atomic E-state index is 12.8. The van der Waals surface area contributed by atoms with Crippen molar-refractivity contribution >= 4 is 12.1 Å². The zero-order valence-electron chi connectivity index (χ0n) is 8.97. The second-order valence-electron chi connectivity index (χ2n) is 4.04. The molecule has 2 rings (SSSR count). The molecule has 0 saturated heterocycles. The lowest BCUT2D eigenvalue weighted by Crippen LogP contribution is -2.20. The van der Waals surface area contributed by atoms with Crippen molar-refractivity contribution in [2.45, 2.75) is 31.9 Å². The highest BCUT2D eigenvalue weighted by Crippen LogP contribution is 2.37. The molecule has 0 aliphatic heterocycles. The van der Waals surface area contributed by atoms with E-state index in [1.54, 1.807) is 0 Å². The number of hydrogen-bond acceptors (Lipinski definition) is 3. The van der Waals surface area contributed by atoms with Crippen LogP contribution in [0.25, 0.3) is 0 Å². The first-order chi connectivity index (χ1) is 7.95. The Kier molecular flexibility index (Phi) is 2.81. The number of rotatable bonds is 1. The number of aromatic nitrogens is 1. The lowest BCUT2D eigenvalue weighted by atomic mass is 9.87. The van der Waals surface area contributed by atoms with E-state index in [2.05, 4.69) is 4.98 Å². The highest BCUT2D eigenvalue weighted by molar-refractivity contribution is 5.85. The summed E-state index contributed by atoms with van der Waals surface area (Å²) in [5, 5.41) is 0. The zero-order chi connectivity index (χ0) is 12.6. The summed E-state index contributed by atoms with van der Waals surface area (Å²) in [6.45, 7) is 0. The molecular weight excluding hydrogens is 233 g/mol. The number of fused-ring (bicyclic) bond motifs is 1. The molecule has 0 amide bonds. The van der Waals surface area contributed by atoms with Gasteiger partial charge in [0.2, 0.25) is 0 Å². The molecule has 0 atom stereocenters.